The van der Waals surface area contributed by atoms with Crippen molar-refractivity contribution in [2.45, 2.75) is 24.9 Å². The summed E-state index contributed by atoms with van der Waals surface area (Å²) >= 11 is 6.14. The summed E-state index contributed by atoms with van der Waals surface area (Å²) in [5, 5.41) is 12.5. The van der Waals surface area contributed by atoms with Crippen LogP contribution in [0.2, 0.25) is 5.02 Å². The van der Waals surface area contributed by atoms with Gasteiger partial charge in [0.2, 0.25) is 0 Å². The number of fused-ring (bicyclic) bond motifs is 2. The quantitative estimate of drug-likeness (QED) is 0.728. The monoisotopic (exact) mass is 288 g/mol. The lowest BCUT2D eigenvalue weighted by molar-refractivity contribution is 0.0383. The lowest BCUT2D eigenvalue weighted by atomic mass is 9.81. The minimum atomic E-state index is -1.12. The molecule has 1 unspecified atom stereocenters. The Labute approximate surface area is 120 Å². The van der Waals surface area contributed by atoms with Gasteiger partial charge in [-0.1, -0.05) is 23.7 Å². The van der Waals surface area contributed by atoms with Crippen LogP contribution in [0.4, 0.5) is 0 Å². The van der Waals surface area contributed by atoms with E-state index in [4.69, 9.17) is 20.4 Å². The maximum Gasteiger partial charge on any atom is 0.153 e. The van der Waals surface area contributed by atoms with Gasteiger partial charge in [0.25, 0.3) is 0 Å². The van der Waals surface area contributed by atoms with E-state index in [0.29, 0.717) is 22.8 Å². The first-order valence-corrected chi connectivity index (χ1v) is 7.04. The van der Waals surface area contributed by atoms with Gasteiger partial charge in [-0.15, -0.1) is 0 Å². The summed E-state index contributed by atoms with van der Waals surface area (Å²) in [6, 6.07) is 9.27. The summed E-state index contributed by atoms with van der Waals surface area (Å²) in [7, 11) is 0. The van der Waals surface area contributed by atoms with Gasteiger partial charge in [0.1, 0.15) is 11.5 Å². The molecule has 20 heavy (non-hydrogen) atoms. The Morgan fingerprint density at radius 3 is 3.00 bits per heavy atom. The lowest BCUT2D eigenvalue weighted by Crippen LogP contribution is -2.30. The van der Waals surface area contributed by atoms with E-state index in [2.05, 4.69) is 0 Å². The summed E-state index contributed by atoms with van der Waals surface area (Å²) < 4.78 is 11.3. The van der Waals surface area contributed by atoms with Gasteiger partial charge < -0.3 is 13.9 Å². The molecule has 4 heteroatoms. The Hall–Kier alpha value is -1.71. The fourth-order valence-corrected chi connectivity index (χ4v) is 3.25. The van der Waals surface area contributed by atoms with Crippen molar-refractivity contribution >= 4 is 22.6 Å². The number of benzene rings is 1. The molecule has 0 saturated carbocycles. The zero-order valence-corrected chi connectivity index (χ0v) is 11.5. The molecule has 4 rings (SSSR count). The van der Waals surface area contributed by atoms with E-state index in [1.807, 2.05) is 24.3 Å². The van der Waals surface area contributed by atoms with E-state index in [-0.39, 0.29) is 0 Å². The average Bonchev–Trinajstić information content (AvgIpc) is 3.06. The molecule has 0 saturated heterocycles. The van der Waals surface area contributed by atoms with Gasteiger partial charge in [0.05, 0.1) is 11.3 Å². The second-order valence-electron chi connectivity index (χ2n) is 5.24. The Morgan fingerprint density at radius 2 is 2.15 bits per heavy atom. The SMILES string of the molecule is OC1(c2cc3cccc(Cl)c3o2)CCCc2occc21. The van der Waals surface area contributed by atoms with Gasteiger partial charge in [-0.05, 0) is 31.0 Å². The van der Waals surface area contributed by atoms with Crippen LogP contribution in [-0.2, 0) is 12.0 Å². The predicted molar refractivity (Wildman–Crippen MR) is 75.9 cm³/mol. The van der Waals surface area contributed by atoms with E-state index in [1.165, 1.54) is 0 Å². The molecular weight excluding hydrogens is 276 g/mol. The molecule has 0 radical (unpaired) electrons. The molecular formula is C16H13ClO3. The van der Waals surface area contributed by atoms with Crippen molar-refractivity contribution in [3.63, 3.8) is 0 Å². The number of aryl methyl sites for hydroxylation is 1. The molecule has 2 heterocycles. The van der Waals surface area contributed by atoms with E-state index >= 15 is 0 Å². The molecule has 3 aromatic rings. The van der Waals surface area contributed by atoms with Crippen LogP contribution in [0.1, 0.15) is 29.9 Å². The lowest BCUT2D eigenvalue weighted by Gasteiger charge is -2.29. The van der Waals surface area contributed by atoms with Crippen molar-refractivity contribution in [2.75, 3.05) is 0 Å². The van der Waals surface area contributed by atoms with Crippen LogP contribution in [0.15, 0.2) is 45.4 Å². The Kier molecular flexibility index (Phi) is 2.50. The predicted octanol–water partition coefficient (Wildman–Crippen LogP) is 4.25. The van der Waals surface area contributed by atoms with Crippen LogP contribution in [0.25, 0.3) is 11.0 Å². The van der Waals surface area contributed by atoms with Gasteiger partial charge in [0.15, 0.2) is 11.2 Å². The Bertz CT molecular complexity index is 786. The second-order valence-corrected chi connectivity index (χ2v) is 5.65. The van der Waals surface area contributed by atoms with Crippen LogP contribution in [-0.4, -0.2) is 5.11 Å². The zero-order chi connectivity index (χ0) is 13.7. The fourth-order valence-electron chi connectivity index (χ4n) is 3.03. The highest BCUT2D eigenvalue weighted by atomic mass is 35.5. The van der Waals surface area contributed by atoms with Gasteiger partial charge >= 0.3 is 0 Å². The molecule has 1 N–H and O–H groups in total. The summed E-state index contributed by atoms with van der Waals surface area (Å²) in [6.07, 6.45) is 3.96. The molecule has 0 amide bonds. The highest BCUT2D eigenvalue weighted by molar-refractivity contribution is 6.34. The van der Waals surface area contributed by atoms with Crippen molar-refractivity contribution in [3.8, 4) is 0 Å². The standard InChI is InChI=1S/C16H13ClO3/c17-12-4-1-3-10-9-14(20-15(10)12)16(18)7-2-5-13-11(16)6-8-19-13/h1,3-4,6,8-9,18H,2,5,7H2. The molecule has 1 aliphatic rings. The average molecular weight is 289 g/mol. The van der Waals surface area contributed by atoms with E-state index in [0.717, 1.165) is 29.6 Å². The van der Waals surface area contributed by atoms with Crippen LogP contribution in [0.3, 0.4) is 0 Å². The van der Waals surface area contributed by atoms with Gasteiger partial charge in [-0.25, -0.2) is 0 Å². The second kappa shape index (κ2) is 4.14. The van der Waals surface area contributed by atoms with Crippen LogP contribution in [0, 0.1) is 0 Å². The molecule has 0 fully saturated rings. The third kappa shape index (κ3) is 1.57. The van der Waals surface area contributed by atoms with Crippen LogP contribution >= 0.6 is 11.6 Å². The molecule has 0 aliphatic heterocycles. The Morgan fingerprint density at radius 1 is 1.25 bits per heavy atom. The number of furan rings is 2. The summed E-state index contributed by atoms with van der Waals surface area (Å²) in [4.78, 5) is 0. The number of para-hydroxylation sites is 1. The normalized spacial score (nSPS) is 22.1. The maximum atomic E-state index is 11.1. The van der Waals surface area contributed by atoms with Crippen molar-refractivity contribution in [3.05, 3.63) is 58.7 Å². The molecule has 2 aromatic heterocycles. The number of hydrogen-bond donors (Lipinski definition) is 1. The molecule has 1 aromatic carbocycles. The summed E-state index contributed by atoms with van der Waals surface area (Å²) in [5.74, 6) is 1.37. The fraction of sp³-hybridized carbons (Fsp3) is 0.250. The Balaban J connectivity index is 1.93. The van der Waals surface area contributed by atoms with E-state index in [9.17, 15) is 5.11 Å². The van der Waals surface area contributed by atoms with Crippen LogP contribution < -0.4 is 0 Å². The number of halogens is 1. The molecule has 0 spiro atoms. The van der Waals surface area contributed by atoms with Crippen LogP contribution in [0.5, 0.6) is 0 Å². The largest absolute Gasteiger partial charge is 0.469 e. The highest BCUT2D eigenvalue weighted by Crippen LogP contribution is 2.43. The first-order valence-electron chi connectivity index (χ1n) is 6.66. The van der Waals surface area contributed by atoms with Gasteiger partial charge in [-0.2, -0.15) is 0 Å². The maximum absolute atomic E-state index is 11.1. The third-order valence-electron chi connectivity index (χ3n) is 4.04. The van der Waals surface area contributed by atoms with Crippen molar-refractivity contribution in [1.29, 1.82) is 0 Å². The van der Waals surface area contributed by atoms with E-state index in [1.54, 1.807) is 12.3 Å². The van der Waals surface area contributed by atoms with Gasteiger partial charge in [-0.3, -0.25) is 0 Å². The van der Waals surface area contributed by atoms with E-state index < -0.39 is 5.60 Å². The molecule has 1 aliphatic carbocycles. The van der Waals surface area contributed by atoms with Gasteiger partial charge in [0, 0.05) is 17.4 Å². The van der Waals surface area contributed by atoms with Crippen molar-refractivity contribution < 1.29 is 13.9 Å². The molecule has 1 atom stereocenters. The molecule has 0 bridgehead atoms. The minimum absolute atomic E-state index is 0.531. The third-order valence-corrected chi connectivity index (χ3v) is 4.33. The smallest absolute Gasteiger partial charge is 0.153 e. The van der Waals surface area contributed by atoms with Crippen molar-refractivity contribution in [1.82, 2.24) is 0 Å². The molecule has 3 nitrogen and oxygen atoms in total. The number of hydrogen-bond acceptors (Lipinski definition) is 3. The zero-order valence-electron chi connectivity index (χ0n) is 10.7. The minimum Gasteiger partial charge on any atom is -0.469 e. The molecule has 102 valence electrons. The number of aliphatic hydroxyl groups is 1. The highest BCUT2D eigenvalue weighted by Gasteiger charge is 2.40. The van der Waals surface area contributed by atoms with Crippen molar-refractivity contribution in [2.24, 2.45) is 0 Å². The number of rotatable bonds is 1. The summed E-state index contributed by atoms with van der Waals surface area (Å²) in [6.45, 7) is 0. The first-order chi connectivity index (χ1) is 9.68. The topological polar surface area (TPSA) is 46.5 Å². The first kappa shape index (κ1) is 12.1. The summed E-state index contributed by atoms with van der Waals surface area (Å²) in [5.41, 5.74) is 0.301.